The summed E-state index contributed by atoms with van der Waals surface area (Å²) in [6.45, 7) is 1.01. The van der Waals surface area contributed by atoms with Gasteiger partial charge in [0, 0.05) is 0 Å². The van der Waals surface area contributed by atoms with E-state index in [0.717, 1.165) is 18.5 Å². The molecule has 1 aromatic carbocycles. The highest BCUT2D eigenvalue weighted by molar-refractivity contribution is 5.28. The van der Waals surface area contributed by atoms with Crippen LogP contribution in [-0.4, -0.2) is 20.0 Å². The second kappa shape index (κ2) is 5.82. The zero-order valence-electron chi connectivity index (χ0n) is 10.8. The molecule has 1 N–H and O–H groups in total. The average molecular weight is 273 g/mol. The van der Waals surface area contributed by atoms with Gasteiger partial charge in [0.1, 0.15) is 5.75 Å². The van der Waals surface area contributed by atoms with Crippen LogP contribution in [0.1, 0.15) is 18.4 Å². The lowest BCUT2D eigenvalue weighted by Gasteiger charge is -2.36. The lowest BCUT2D eigenvalue weighted by molar-refractivity contribution is -0.274. The average Bonchev–Trinajstić information content (AvgIpc) is 2.32. The standard InChI is InChI=1S/C14H18F3NO/c1-18-9-12-5-4-11(12)8-10-2-6-13(7-3-10)19-14(15,16)17/h2-3,6-7,11-12,18H,4-5,8-9H2,1H3. The van der Waals surface area contributed by atoms with Crippen molar-refractivity contribution in [3.05, 3.63) is 29.8 Å². The Balaban J connectivity index is 1.88. The smallest absolute Gasteiger partial charge is 0.406 e. The Kier molecular flexibility index (Phi) is 4.34. The summed E-state index contributed by atoms with van der Waals surface area (Å²) < 4.78 is 39.9. The van der Waals surface area contributed by atoms with E-state index >= 15 is 0 Å². The first kappa shape index (κ1) is 14.2. The van der Waals surface area contributed by atoms with Gasteiger partial charge < -0.3 is 10.1 Å². The molecule has 19 heavy (non-hydrogen) atoms. The Bertz CT molecular complexity index is 402. The van der Waals surface area contributed by atoms with E-state index in [9.17, 15) is 13.2 Å². The summed E-state index contributed by atoms with van der Waals surface area (Å²) in [7, 11) is 1.94. The number of benzene rings is 1. The van der Waals surface area contributed by atoms with Crippen LogP contribution >= 0.6 is 0 Å². The SMILES string of the molecule is CNCC1CCC1Cc1ccc(OC(F)(F)F)cc1. The lowest BCUT2D eigenvalue weighted by Crippen LogP contribution is -2.35. The Labute approximate surface area is 111 Å². The van der Waals surface area contributed by atoms with Crippen molar-refractivity contribution in [3.8, 4) is 5.75 Å². The van der Waals surface area contributed by atoms with Gasteiger partial charge in [-0.15, -0.1) is 13.2 Å². The number of hydrogen-bond acceptors (Lipinski definition) is 2. The van der Waals surface area contributed by atoms with Crippen LogP contribution in [0.15, 0.2) is 24.3 Å². The highest BCUT2D eigenvalue weighted by Gasteiger charge is 2.31. The van der Waals surface area contributed by atoms with Gasteiger partial charge in [-0.3, -0.25) is 0 Å². The maximum atomic E-state index is 12.0. The third-order valence-corrected chi connectivity index (χ3v) is 3.70. The Hall–Kier alpha value is -1.23. The van der Waals surface area contributed by atoms with Crippen LogP contribution < -0.4 is 10.1 Å². The molecule has 2 atom stereocenters. The Morgan fingerprint density at radius 1 is 1.16 bits per heavy atom. The predicted octanol–water partition coefficient (Wildman–Crippen LogP) is 3.37. The minimum absolute atomic E-state index is 0.156. The van der Waals surface area contributed by atoms with Crippen molar-refractivity contribution in [2.24, 2.45) is 11.8 Å². The summed E-state index contributed by atoms with van der Waals surface area (Å²) in [5.41, 5.74) is 1.07. The molecule has 1 aromatic rings. The van der Waals surface area contributed by atoms with Crippen LogP contribution in [0.5, 0.6) is 5.75 Å². The topological polar surface area (TPSA) is 21.3 Å². The summed E-state index contributed by atoms with van der Waals surface area (Å²) in [4.78, 5) is 0. The van der Waals surface area contributed by atoms with E-state index in [2.05, 4.69) is 10.1 Å². The molecular formula is C14H18F3NO. The molecule has 1 aliphatic rings. The molecule has 1 aliphatic carbocycles. The van der Waals surface area contributed by atoms with Crippen molar-refractivity contribution >= 4 is 0 Å². The maximum Gasteiger partial charge on any atom is 0.573 e. The first-order chi connectivity index (χ1) is 8.98. The van der Waals surface area contributed by atoms with E-state index in [0.29, 0.717) is 11.8 Å². The molecule has 2 rings (SSSR count). The molecule has 0 spiro atoms. The molecule has 0 aliphatic heterocycles. The zero-order chi connectivity index (χ0) is 13.9. The van der Waals surface area contributed by atoms with Gasteiger partial charge in [0.25, 0.3) is 0 Å². The summed E-state index contributed by atoms with van der Waals surface area (Å²) >= 11 is 0. The lowest BCUT2D eigenvalue weighted by atomic mass is 9.71. The number of ether oxygens (including phenoxy) is 1. The fraction of sp³-hybridized carbons (Fsp3) is 0.571. The molecule has 1 saturated carbocycles. The molecule has 5 heteroatoms. The fourth-order valence-corrected chi connectivity index (χ4v) is 2.57. The number of alkyl halides is 3. The Morgan fingerprint density at radius 3 is 2.26 bits per heavy atom. The van der Waals surface area contributed by atoms with Gasteiger partial charge in [-0.25, -0.2) is 0 Å². The van der Waals surface area contributed by atoms with Crippen LogP contribution in [0.4, 0.5) is 13.2 Å². The van der Waals surface area contributed by atoms with Crippen molar-refractivity contribution in [1.29, 1.82) is 0 Å². The number of hydrogen-bond donors (Lipinski definition) is 1. The number of halogens is 3. The molecule has 0 bridgehead atoms. The van der Waals surface area contributed by atoms with Crippen LogP contribution in [0, 0.1) is 11.8 Å². The molecular weight excluding hydrogens is 255 g/mol. The molecule has 0 heterocycles. The van der Waals surface area contributed by atoms with Gasteiger partial charge >= 0.3 is 6.36 Å². The summed E-state index contributed by atoms with van der Waals surface area (Å²) in [5.74, 6) is 1.18. The maximum absolute atomic E-state index is 12.0. The van der Waals surface area contributed by atoms with E-state index in [1.807, 2.05) is 7.05 Å². The molecule has 1 fully saturated rings. The van der Waals surface area contributed by atoms with E-state index in [1.165, 1.54) is 25.0 Å². The third-order valence-electron chi connectivity index (χ3n) is 3.70. The first-order valence-corrected chi connectivity index (χ1v) is 6.47. The van der Waals surface area contributed by atoms with E-state index < -0.39 is 6.36 Å². The zero-order valence-corrected chi connectivity index (χ0v) is 10.8. The van der Waals surface area contributed by atoms with Crippen molar-refractivity contribution in [3.63, 3.8) is 0 Å². The van der Waals surface area contributed by atoms with Gasteiger partial charge in [-0.2, -0.15) is 0 Å². The van der Waals surface area contributed by atoms with Gasteiger partial charge in [0.15, 0.2) is 0 Å². The van der Waals surface area contributed by atoms with Crippen molar-refractivity contribution in [1.82, 2.24) is 5.32 Å². The second-order valence-electron chi connectivity index (χ2n) is 5.05. The first-order valence-electron chi connectivity index (χ1n) is 6.47. The minimum Gasteiger partial charge on any atom is -0.406 e. The summed E-state index contributed by atoms with van der Waals surface area (Å²) in [6.07, 6.45) is -1.25. The third kappa shape index (κ3) is 4.13. The van der Waals surface area contributed by atoms with E-state index in [4.69, 9.17) is 0 Å². The summed E-state index contributed by atoms with van der Waals surface area (Å²) in [5, 5.41) is 3.18. The van der Waals surface area contributed by atoms with Crippen molar-refractivity contribution in [2.45, 2.75) is 25.6 Å². The Morgan fingerprint density at radius 2 is 1.79 bits per heavy atom. The molecule has 0 aromatic heterocycles. The molecule has 0 radical (unpaired) electrons. The van der Waals surface area contributed by atoms with Gasteiger partial charge in [0.05, 0.1) is 0 Å². The van der Waals surface area contributed by atoms with E-state index in [1.54, 1.807) is 12.1 Å². The largest absolute Gasteiger partial charge is 0.573 e. The second-order valence-corrected chi connectivity index (χ2v) is 5.05. The highest BCUT2D eigenvalue weighted by atomic mass is 19.4. The molecule has 0 saturated heterocycles. The quantitative estimate of drug-likeness (QED) is 0.888. The minimum atomic E-state index is -4.62. The van der Waals surface area contributed by atoms with Crippen LogP contribution in [0.25, 0.3) is 0 Å². The van der Waals surface area contributed by atoms with Gasteiger partial charge in [0.2, 0.25) is 0 Å². The van der Waals surface area contributed by atoms with Crippen LogP contribution in [0.2, 0.25) is 0 Å². The fourth-order valence-electron chi connectivity index (χ4n) is 2.57. The van der Waals surface area contributed by atoms with Crippen molar-refractivity contribution in [2.75, 3.05) is 13.6 Å². The number of rotatable bonds is 5. The molecule has 106 valence electrons. The van der Waals surface area contributed by atoms with Gasteiger partial charge in [-0.1, -0.05) is 12.1 Å². The monoisotopic (exact) mass is 273 g/mol. The molecule has 2 nitrogen and oxygen atoms in total. The molecule has 0 amide bonds. The van der Waals surface area contributed by atoms with Gasteiger partial charge in [-0.05, 0) is 62.4 Å². The predicted molar refractivity (Wildman–Crippen MR) is 67.0 cm³/mol. The number of nitrogens with one attached hydrogen (secondary N) is 1. The van der Waals surface area contributed by atoms with Crippen LogP contribution in [0.3, 0.4) is 0 Å². The van der Waals surface area contributed by atoms with Crippen molar-refractivity contribution < 1.29 is 17.9 Å². The highest BCUT2D eigenvalue weighted by Crippen LogP contribution is 2.36. The normalized spacial score (nSPS) is 22.9. The van der Waals surface area contributed by atoms with E-state index in [-0.39, 0.29) is 5.75 Å². The molecule has 2 unspecified atom stereocenters. The summed E-state index contributed by atoms with van der Waals surface area (Å²) in [6, 6.07) is 6.20. The van der Waals surface area contributed by atoms with Crippen LogP contribution in [-0.2, 0) is 6.42 Å².